The van der Waals surface area contributed by atoms with Crippen molar-refractivity contribution in [2.45, 2.75) is 23.3 Å². The molecule has 120 valence electrons. The standard InChI is InChI=1S/C14H17NO5S2/c1-22(19,20)11-4-2-10(3-5-11)12(16)15-14(13(17)18)6-8-21-9-7-14/h2-5H,6-9H2,1H3,(H,15,16)(H,17,18). The van der Waals surface area contributed by atoms with Crippen LogP contribution >= 0.6 is 11.8 Å². The highest BCUT2D eigenvalue weighted by Crippen LogP contribution is 2.27. The number of sulfone groups is 1. The van der Waals surface area contributed by atoms with Crippen molar-refractivity contribution in [3.05, 3.63) is 29.8 Å². The van der Waals surface area contributed by atoms with Crippen LogP contribution in [0.3, 0.4) is 0 Å². The van der Waals surface area contributed by atoms with Crippen molar-refractivity contribution in [1.82, 2.24) is 5.32 Å². The van der Waals surface area contributed by atoms with Gasteiger partial charge in [0.2, 0.25) is 0 Å². The lowest BCUT2D eigenvalue weighted by Gasteiger charge is -2.33. The second-order valence-electron chi connectivity index (χ2n) is 5.25. The van der Waals surface area contributed by atoms with Gasteiger partial charge in [0.05, 0.1) is 4.90 Å². The van der Waals surface area contributed by atoms with Crippen molar-refractivity contribution in [2.24, 2.45) is 0 Å². The van der Waals surface area contributed by atoms with E-state index in [1.807, 2.05) is 0 Å². The summed E-state index contributed by atoms with van der Waals surface area (Å²) in [5, 5.41) is 12.0. The smallest absolute Gasteiger partial charge is 0.329 e. The van der Waals surface area contributed by atoms with Crippen LogP contribution in [0.4, 0.5) is 0 Å². The van der Waals surface area contributed by atoms with Crippen molar-refractivity contribution in [1.29, 1.82) is 0 Å². The molecule has 0 aliphatic carbocycles. The Bertz CT molecular complexity index is 676. The van der Waals surface area contributed by atoms with Crippen LogP contribution in [0.2, 0.25) is 0 Å². The predicted octanol–water partition coefficient (Wildman–Crippen LogP) is 1.17. The minimum Gasteiger partial charge on any atom is -0.480 e. The van der Waals surface area contributed by atoms with Crippen LogP contribution in [0.15, 0.2) is 29.2 Å². The van der Waals surface area contributed by atoms with Crippen LogP contribution in [0.1, 0.15) is 23.2 Å². The first kappa shape index (κ1) is 16.8. The van der Waals surface area contributed by atoms with Crippen LogP contribution in [0.5, 0.6) is 0 Å². The Morgan fingerprint density at radius 1 is 1.18 bits per heavy atom. The zero-order chi connectivity index (χ0) is 16.4. The summed E-state index contributed by atoms with van der Waals surface area (Å²) in [6.07, 6.45) is 1.83. The van der Waals surface area contributed by atoms with E-state index < -0.39 is 27.3 Å². The molecular formula is C14H17NO5S2. The highest BCUT2D eigenvalue weighted by molar-refractivity contribution is 7.99. The summed E-state index contributed by atoms with van der Waals surface area (Å²) in [7, 11) is -3.33. The number of carbonyl (C=O) groups excluding carboxylic acids is 1. The molecule has 1 aliphatic heterocycles. The fraction of sp³-hybridized carbons (Fsp3) is 0.429. The zero-order valence-corrected chi connectivity index (χ0v) is 13.7. The van der Waals surface area contributed by atoms with Crippen LogP contribution in [-0.4, -0.2) is 48.7 Å². The number of thioether (sulfide) groups is 1. The SMILES string of the molecule is CS(=O)(=O)c1ccc(C(=O)NC2(C(=O)O)CCSCC2)cc1. The van der Waals surface area contributed by atoms with Gasteiger partial charge in [-0.2, -0.15) is 11.8 Å². The van der Waals surface area contributed by atoms with E-state index in [-0.39, 0.29) is 10.5 Å². The molecule has 1 amide bonds. The van der Waals surface area contributed by atoms with Crippen molar-refractivity contribution < 1.29 is 23.1 Å². The number of carboxylic acid groups (broad SMARTS) is 1. The van der Waals surface area contributed by atoms with Gasteiger partial charge in [0, 0.05) is 11.8 Å². The van der Waals surface area contributed by atoms with Gasteiger partial charge in [-0.3, -0.25) is 4.79 Å². The van der Waals surface area contributed by atoms with E-state index in [4.69, 9.17) is 0 Å². The maximum absolute atomic E-state index is 12.3. The first-order valence-electron chi connectivity index (χ1n) is 6.68. The van der Waals surface area contributed by atoms with Gasteiger partial charge in [-0.25, -0.2) is 13.2 Å². The number of hydrogen-bond donors (Lipinski definition) is 2. The van der Waals surface area contributed by atoms with Crippen LogP contribution < -0.4 is 5.32 Å². The summed E-state index contributed by atoms with van der Waals surface area (Å²) in [6, 6.07) is 5.46. The number of aliphatic carboxylic acids is 1. The van der Waals surface area contributed by atoms with E-state index in [2.05, 4.69) is 5.32 Å². The molecule has 1 saturated heterocycles. The second kappa shape index (κ2) is 6.29. The monoisotopic (exact) mass is 343 g/mol. The third-order valence-electron chi connectivity index (χ3n) is 3.65. The minimum absolute atomic E-state index is 0.117. The molecule has 1 aliphatic rings. The van der Waals surface area contributed by atoms with Gasteiger partial charge in [-0.1, -0.05) is 0 Å². The molecule has 0 bridgehead atoms. The molecular weight excluding hydrogens is 326 g/mol. The molecule has 8 heteroatoms. The Balaban J connectivity index is 2.19. The van der Waals surface area contributed by atoms with E-state index in [1.54, 1.807) is 11.8 Å². The molecule has 0 spiro atoms. The topological polar surface area (TPSA) is 101 Å². The van der Waals surface area contributed by atoms with Gasteiger partial charge in [-0.15, -0.1) is 0 Å². The molecule has 1 aromatic carbocycles. The van der Waals surface area contributed by atoms with Crippen LogP contribution in [-0.2, 0) is 14.6 Å². The van der Waals surface area contributed by atoms with Crippen molar-refractivity contribution in [3.63, 3.8) is 0 Å². The maximum Gasteiger partial charge on any atom is 0.329 e. The molecule has 2 rings (SSSR count). The lowest BCUT2D eigenvalue weighted by Crippen LogP contribution is -2.56. The summed E-state index contributed by atoms with van der Waals surface area (Å²) in [5.41, 5.74) is -0.996. The highest BCUT2D eigenvalue weighted by Gasteiger charge is 2.41. The average molecular weight is 343 g/mol. The maximum atomic E-state index is 12.3. The summed E-state index contributed by atoms with van der Waals surface area (Å²) in [5.74, 6) is -0.178. The molecule has 0 atom stereocenters. The molecule has 2 N–H and O–H groups in total. The number of carbonyl (C=O) groups is 2. The number of hydrogen-bond acceptors (Lipinski definition) is 5. The fourth-order valence-electron chi connectivity index (χ4n) is 2.26. The van der Waals surface area contributed by atoms with Gasteiger partial charge < -0.3 is 10.4 Å². The Morgan fingerprint density at radius 2 is 1.73 bits per heavy atom. The third kappa shape index (κ3) is 3.61. The molecule has 0 radical (unpaired) electrons. The van der Waals surface area contributed by atoms with E-state index in [9.17, 15) is 23.1 Å². The van der Waals surface area contributed by atoms with Gasteiger partial charge in [0.1, 0.15) is 5.54 Å². The lowest BCUT2D eigenvalue weighted by atomic mass is 9.92. The molecule has 0 unspecified atom stereocenters. The lowest BCUT2D eigenvalue weighted by molar-refractivity contribution is -0.144. The molecule has 0 saturated carbocycles. The number of nitrogens with one attached hydrogen (secondary N) is 1. The summed E-state index contributed by atoms with van der Waals surface area (Å²) < 4.78 is 22.8. The number of carboxylic acids is 1. The Morgan fingerprint density at radius 3 is 2.18 bits per heavy atom. The second-order valence-corrected chi connectivity index (χ2v) is 8.49. The molecule has 1 heterocycles. The first-order chi connectivity index (χ1) is 10.2. The van der Waals surface area contributed by atoms with E-state index in [0.717, 1.165) is 6.26 Å². The van der Waals surface area contributed by atoms with Gasteiger partial charge in [0.25, 0.3) is 5.91 Å². The average Bonchev–Trinajstić information content (AvgIpc) is 2.47. The molecule has 1 fully saturated rings. The quantitative estimate of drug-likeness (QED) is 0.851. The summed E-state index contributed by atoms with van der Waals surface area (Å²) in [4.78, 5) is 23.9. The zero-order valence-electron chi connectivity index (χ0n) is 12.0. The van der Waals surface area contributed by atoms with Crippen LogP contribution in [0.25, 0.3) is 0 Å². The molecule has 1 aromatic rings. The van der Waals surface area contributed by atoms with Gasteiger partial charge in [-0.05, 0) is 48.6 Å². The fourth-order valence-corrected chi connectivity index (χ4v) is 4.08. The van der Waals surface area contributed by atoms with Crippen molar-refractivity contribution in [2.75, 3.05) is 17.8 Å². The van der Waals surface area contributed by atoms with E-state index >= 15 is 0 Å². The number of amides is 1. The van der Waals surface area contributed by atoms with Gasteiger partial charge >= 0.3 is 5.97 Å². The minimum atomic E-state index is -3.33. The Labute approximate surface area is 133 Å². The van der Waals surface area contributed by atoms with Crippen LogP contribution in [0, 0.1) is 0 Å². The first-order valence-corrected chi connectivity index (χ1v) is 9.73. The number of rotatable bonds is 4. The van der Waals surface area contributed by atoms with Crippen molar-refractivity contribution in [3.8, 4) is 0 Å². The Hall–Kier alpha value is -1.54. The predicted molar refractivity (Wildman–Crippen MR) is 83.9 cm³/mol. The largest absolute Gasteiger partial charge is 0.480 e. The van der Waals surface area contributed by atoms with E-state index in [0.29, 0.717) is 24.3 Å². The molecule has 22 heavy (non-hydrogen) atoms. The Kier molecular flexibility index (Phi) is 4.81. The molecule has 6 nitrogen and oxygen atoms in total. The molecule has 0 aromatic heterocycles. The highest BCUT2D eigenvalue weighted by atomic mass is 32.2. The third-order valence-corrected chi connectivity index (χ3v) is 5.77. The van der Waals surface area contributed by atoms with Gasteiger partial charge in [0.15, 0.2) is 9.84 Å². The normalized spacial score (nSPS) is 17.7. The number of benzene rings is 1. The summed E-state index contributed by atoms with van der Waals surface area (Å²) in [6.45, 7) is 0. The summed E-state index contributed by atoms with van der Waals surface area (Å²) >= 11 is 1.66. The van der Waals surface area contributed by atoms with E-state index in [1.165, 1.54) is 24.3 Å². The van der Waals surface area contributed by atoms with Crippen molar-refractivity contribution >= 4 is 33.5 Å².